The Morgan fingerprint density at radius 1 is 1.43 bits per heavy atom. The van der Waals surface area contributed by atoms with Crippen LogP contribution in [-0.2, 0) is 17.8 Å². The van der Waals surface area contributed by atoms with Gasteiger partial charge in [0.1, 0.15) is 5.75 Å². The van der Waals surface area contributed by atoms with Crippen LogP contribution in [0.15, 0.2) is 18.2 Å². The molecule has 4 heteroatoms. The third kappa shape index (κ3) is 2.23. The zero-order valence-electron chi connectivity index (χ0n) is 7.86. The van der Waals surface area contributed by atoms with Crippen LogP contribution >= 0.6 is 0 Å². The minimum atomic E-state index is -0.918. The van der Waals surface area contributed by atoms with Crippen molar-refractivity contribution in [2.75, 3.05) is 7.11 Å². The Kier molecular flexibility index (Phi) is 3.48. The molecule has 1 aromatic carbocycles. The van der Waals surface area contributed by atoms with Crippen molar-refractivity contribution in [1.29, 1.82) is 0 Å². The van der Waals surface area contributed by atoms with E-state index in [-0.39, 0.29) is 13.0 Å². The number of benzene rings is 1. The lowest BCUT2D eigenvalue weighted by Gasteiger charge is -2.10. The maximum Gasteiger partial charge on any atom is 0.307 e. The molecule has 0 saturated carbocycles. The number of hydrogen-bond acceptors (Lipinski definition) is 3. The van der Waals surface area contributed by atoms with Gasteiger partial charge in [-0.25, -0.2) is 0 Å². The molecule has 0 saturated heterocycles. The third-order valence-corrected chi connectivity index (χ3v) is 1.89. The van der Waals surface area contributed by atoms with E-state index in [4.69, 9.17) is 14.9 Å². The number of aliphatic carboxylic acids is 1. The van der Waals surface area contributed by atoms with Crippen LogP contribution in [0.4, 0.5) is 0 Å². The number of carboxylic acid groups (broad SMARTS) is 1. The number of methoxy groups -OCH3 is 1. The van der Waals surface area contributed by atoms with E-state index in [9.17, 15) is 4.79 Å². The zero-order chi connectivity index (χ0) is 10.6. The second kappa shape index (κ2) is 4.62. The maximum atomic E-state index is 10.5. The molecular weight excluding hydrogens is 184 g/mol. The van der Waals surface area contributed by atoms with Crippen molar-refractivity contribution in [3.05, 3.63) is 29.3 Å². The van der Waals surface area contributed by atoms with E-state index in [1.165, 1.54) is 7.11 Å². The topological polar surface area (TPSA) is 66.8 Å². The van der Waals surface area contributed by atoms with Crippen LogP contribution in [0, 0.1) is 0 Å². The van der Waals surface area contributed by atoms with Crippen LogP contribution in [0.5, 0.6) is 5.75 Å². The Morgan fingerprint density at radius 2 is 2.07 bits per heavy atom. The molecule has 14 heavy (non-hydrogen) atoms. The SMILES string of the molecule is COc1c(CO)cccc1CC(=O)O. The molecule has 0 bridgehead atoms. The van der Waals surface area contributed by atoms with Gasteiger partial charge >= 0.3 is 5.97 Å². The lowest BCUT2D eigenvalue weighted by atomic mass is 10.1. The molecule has 1 aromatic rings. The third-order valence-electron chi connectivity index (χ3n) is 1.89. The first-order valence-electron chi connectivity index (χ1n) is 4.16. The zero-order valence-corrected chi connectivity index (χ0v) is 7.86. The Bertz CT molecular complexity index is 333. The average molecular weight is 196 g/mol. The molecule has 76 valence electrons. The van der Waals surface area contributed by atoms with Gasteiger partial charge in [-0.2, -0.15) is 0 Å². The second-order valence-electron chi connectivity index (χ2n) is 2.84. The lowest BCUT2D eigenvalue weighted by Crippen LogP contribution is -2.04. The normalized spacial score (nSPS) is 9.86. The van der Waals surface area contributed by atoms with Gasteiger partial charge in [0.25, 0.3) is 0 Å². The monoisotopic (exact) mass is 196 g/mol. The summed E-state index contributed by atoms with van der Waals surface area (Å²) in [5.74, 6) is -0.462. The Hall–Kier alpha value is -1.55. The summed E-state index contributed by atoms with van der Waals surface area (Å²) < 4.78 is 5.04. The highest BCUT2D eigenvalue weighted by Crippen LogP contribution is 2.24. The van der Waals surface area contributed by atoms with Gasteiger partial charge < -0.3 is 14.9 Å². The van der Waals surface area contributed by atoms with Crippen molar-refractivity contribution < 1.29 is 19.7 Å². The van der Waals surface area contributed by atoms with Gasteiger partial charge in [0.15, 0.2) is 0 Å². The predicted molar refractivity (Wildman–Crippen MR) is 50.3 cm³/mol. The number of para-hydroxylation sites is 1. The molecular formula is C10H12O4. The largest absolute Gasteiger partial charge is 0.496 e. The summed E-state index contributed by atoms with van der Waals surface area (Å²) in [7, 11) is 1.46. The molecule has 1 rings (SSSR count). The number of hydrogen-bond donors (Lipinski definition) is 2. The summed E-state index contributed by atoms with van der Waals surface area (Å²) >= 11 is 0. The van der Waals surface area contributed by atoms with E-state index in [1.54, 1.807) is 18.2 Å². The maximum absolute atomic E-state index is 10.5. The first-order chi connectivity index (χ1) is 6.69. The fourth-order valence-corrected chi connectivity index (χ4v) is 1.33. The van der Waals surface area contributed by atoms with Crippen molar-refractivity contribution in [2.24, 2.45) is 0 Å². The van der Waals surface area contributed by atoms with Gasteiger partial charge in [0.05, 0.1) is 20.1 Å². The van der Waals surface area contributed by atoms with Crippen LogP contribution in [-0.4, -0.2) is 23.3 Å². The smallest absolute Gasteiger partial charge is 0.307 e. The van der Waals surface area contributed by atoms with E-state index in [1.807, 2.05) is 0 Å². The first kappa shape index (κ1) is 10.5. The highest BCUT2D eigenvalue weighted by molar-refractivity contribution is 5.71. The first-order valence-corrected chi connectivity index (χ1v) is 4.16. The Labute approximate surface area is 81.8 Å². The van der Waals surface area contributed by atoms with Gasteiger partial charge in [0.2, 0.25) is 0 Å². The van der Waals surface area contributed by atoms with Crippen molar-refractivity contribution in [1.82, 2.24) is 0 Å². The van der Waals surface area contributed by atoms with Gasteiger partial charge in [-0.15, -0.1) is 0 Å². The van der Waals surface area contributed by atoms with E-state index >= 15 is 0 Å². The van der Waals surface area contributed by atoms with Crippen molar-refractivity contribution in [2.45, 2.75) is 13.0 Å². The van der Waals surface area contributed by atoms with E-state index in [2.05, 4.69) is 0 Å². The number of aliphatic hydroxyl groups excluding tert-OH is 1. The standard InChI is InChI=1S/C10H12O4/c1-14-10-7(5-9(12)13)3-2-4-8(10)6-11/h2-4,11H,5-6H2,1H3,(H,12,13). The van der Waals surface area contributed by atoms with Gasteiger partial charge in [-0.05, 0) is 0 Å². The Balaban J connectivity index is 3.08. The van der Waals surface area contributed by atoms with E-state index < -0.39 is 5.97 Å². The molecule has 0 amide bonds. The predicted octanol–water partition coefficient (Wildman–Crippen LogP) is 0.815. The molecule has 0 atom stereocenters. The molecule has 4 nitrogen and oxygen atoms in total. The molecule has 0 aliphatic rings. The highest BCUT2D eigenvalue weighted by atomic mass is 16.5. The van der Waals surface area contributed by atoms with Crippen molar-refractivity contribution in [3.63, 3.8) is 0 Å². The highest BCUT2D eigenvalue weighted by Gasteiger charge is 2.10. The second-order valence-corrected chi connectivity index (χ2v) is 2.84. The summed E-state index contributed by atoms with van der Waals surface area (Å²) in [6, 6.07) is 5.07. The van der Waals surface area contributed by atoms with Crippen LogP contribution in [0.1, 0.15) is 11.1 Å². The van der Waals surface area contributed by atoms with Gasteiger partial charge in [-0.3, -0.25) is 4.79 Å². The molecule has 0 unspecified atom stereocenters. The van der Waals surface area contributed by atoms with E-state index in [0.29, 0.717) is 16.9 Å². The molecule has 0 aliphatic carbocycles. The van der Waals surface area contributed by atoms with Crippen LogP contribution in [0.3, 0.4) is 0 Å². The molecule has 0 heterocycles. The Morgan fingerprint density at radius 3 is 2.57 bits per heavy atom. The molecule has 0 radical (unpaired) electrons. The summed E-state index contributed by atoms with van der Waals surface area (Å²) in [6.07, 6.45) is -0.100. The molecule has 0 aromatic heterocycles. The summed E-state index contributed by atoms with van der Waals surface area (Å²) in [5, 5.41) is 17.6. The number of rotatable bonds is 4. The average Bonchev–Trinajstić information content (AvgIpc) is 2.16. The quantitative estimate of drug-likeness (QED) is 0.748. The summed E-state index contributed by atoms with van der Waals surface area (Å²) in [6.45, 7) is -0.156. The minimum absolute atomic E-state index is 0.100. The van der Waals surface area contributed by atoms with Crippen molar-refractivity contribution in [3.8, 4) is 5.75 Å². The molecule has 0 aliphatic heterocycles. The number of carbonyl (C=O) groups is 1. The molecule has 0 fully saturated rings. The number of ether oxygens (including phenoxy) is 1. The van der Waals surface area contributed by atoms with Crippen molar-refractivity contribution >= 4 is 5.97 Å². The fraction of sp³-hybridized carbons (Fsp3) is 0.300. The van der Waals surface area contributed by atoms with Crippen LogP contribution in [0.25, 0.3) is 0 Å². The van der Waals surface area contributed by atoms with Crippen LogP contribution < -0.4 is 4.74 Å². The molecule has 0 spiro atoms. The summed E-state index contributed by atoms with van der Waals surface area (Å²) in [4.78, 5) is 10.5. The van der Waals surface area contributed by atoms with Gasteiger partial charge in [0, 0.05) is 11.1 Å². The lowest BCUT2D eigenvalue weighted by molar-refractivity contribution is -0.136. The minimum Gasteiger partial charge on any atom is -0.496 e. The fourth-order valence-electron chi connectivity index (χ4n) is 1.33. The van der Waals surface area contributed by atoms with Gasteiger partial charge in [-0.1, -0.05) is 18.2 Å². The molecule has 2 N–H and O–H groups in total. The number of carboxylic acids is 1. The van der Waals surface area contributed by atoms with E-state index in [0.717, 1.165) is 0 Å². The summed E-state index contributed by atoms with van der Waals surface area (Å²) in [5.41, 5.74) is 1.18. The number of aliphatic hydroxyl groups is 1. The van der Waals surface area contributed by atoms with Crippen LogP contribution in [0.2, 0.25) is 0 Å².